The largest absolute Gasteiger partial charge is 0.378 e. The SMILES string of the molecule is O=C(CNc1cc(F)cc(Cl)c1)C[C@@H]1CCCN(c2ncnc3[nH]ccc23)C1. The fourth-order valence-electron chi connectivity index (χ4n) is 3.79. The monoisotopic (exact) mass is 401 g/mol. The predicted octanol–water partition coefficient (Wildman–Crippen LogP) is 4.04. The minimum absolute atomic E-state index is 0.0988. The third-order valence-electron chi connectivity index (χ3n) is 5.02. The minimum Gasteiger partial charge on any atom is -0.378 e. The molecule has 1 saturated heterocycles. The van der Waals surface area contributed by atoms with Crippen molar-refractivity contribution in [1.82, 2.24) is 15.0 Å². The highest BCUT2D eigenvalue weighted by Gasteiger charge is 2.24. The number of ketones is 1. The molecule has 1 aliphatic heterocycles. The number of fused-ring (bicyclic) bond motifs is 1. The van der Waals surface area contributed by atoms with E-state index in [0.29, 0.717) is 17.1 Å². The molecule has 1 aromatic carbocycles. The van der Waals surface area contributed by atoms with E-state index >= 15 is 0 Å². The lowest BCUT2D eigenvalue weighted by atomic mass is 9.92. The molecule has 0 saturated carbocycles. The molecule has 1 aliphatic rings. The van der Waals surface area contributed by atoms with E-state index in [1.807, 2.05) is 12.3 Å². The van der Waals surface area contributed by atoms with Gasteiger partial charge in [0.15, 0.2) is 5.78 Å². The number of hydrogen-bond acceptors (Lipinski definition) is 5. The Morgan fingerprint density at radius 2 is 2.25 bits per heavy atom. The van der Waals surface area contributed by atoms with Gasteiger partial charge in [-0.1, -0.05) is 11.6 Å². The smallest absolute Gasteiger partial charge is 0.152 e. The van der Waals surface area contributed by atoms with Crippen LogP contribution in [0.2, 0.25) is 5.02 Å². The maximum Gasteiger partial charge on any atom is 0.152 e. The van der Waals surface area contributed by atoms with Gasteiger partial charge in [-0.15, -0.1) is 0 Å². The number of aromatic amines is 1. The second-order valence-electron chi connectivity index (χ2n) is 7.15. The van der Waals surface area contributed by atoms with Gasteiger partial charge in [0.25, 0.3) is 0 Å². The molecule has 0 bridgehead atoms. The fourth-order valence-corrected chi connectivity index (χ4v) is 4.01. The number of rotatable bonds is 6. The van der Waals surface area contributed by atoms with Gasteiger partial charge in [0.2, 0.25) is 0 Å². The first-order valence-corrected chi connectivity index (χ1v) is 9.71. The van der Waals surface area contributed by atoms with Crippen LogP contribution in [0.5, 0.6) is 0 Å². The molecule has 3 aromatic rings. The Balaban J connectivity index is 1.36. The number of Topliss-reactive ketones (excluding diaryl/α,β-unsaturated/α-hetero) is 1. The molecule has 1 atom stereocenters. The van der Waals surface area contributed by atoms with Crippen molar-refractivity contribution in [1.29, 1.82) is 0 Å². The summed E-state index contributed by atoms with van der Waals surface area (Å²) in [4.78, 5) is 26.5. The lowest BCUT2D eigenvalue weighted by Gasteiger charge is -2.33. The van der Waals surface area contributed by atoms with Crippen LogP contribution in [0.1, 0.15) is 19.3 Å². The Hall–Kier alpha value is -2.67. The summed E-state index contributed by atoms with van der Waals surface area (Å²) in [6, 6.07) is 6.16. The first kappa shape index (κ1) is 18.7. The van der Waals surface area contributed by atoms with Gasteiger partial charge in [0, 0.05) is 36.4 Å². The topological polar surface area (TPSA) is 73.9 Å². The Kier molecular flexibility index (Phi) is 5.43. The molecular formula is C20H21ClFN5O. The predicted molar refractivity (Wildman–Crippen MR) is 108 cm³/mol. The number of nitrogens with one attached hydrogen (secondary N) is 2. The fraction of sp³-hybridized carbons (Fsp3) is 0.350. The molecule has 0 spiro atoms. The average Bonchev–Trinajstić information content (AvgIpc) is 3.15. The number of halogens is 2. The number of anilines is 2. The van der Waals surface area contributed by atoms with Gasteiger partial charge in [-0.3, -0.25) is 4.79 Å². The van der Waals surface area contributed by atoms with E-state index in [2.05, 4.69) is 25.2 Å². The van der Waals surface area contributed by atoms with Gasteiger partial charge in [0.05, 0.1) is 11.9 Å². The molecule has 0 unspecified atom stereocenters. The van der Waals surface area contributed by atoms with Crippen LogP contribution < -0.4 is 10.2 Å². The third-order valence-corrected chi connectivity index (χ3v) is 5.24. The quantitative estimate of drug-likeness (QED) is 0.652. The van der Waals surface area contributed by atoms with Crippen LogP contribution in [0.3, 0.4) is 0 Å². The Morgan fingerprint density at radius 3 is 3.11 bits per heavy atom. The molecule has 0 aliphatic carbocycles. The van der Waals surface area contributed by atoms with Gasteiger partial charge in [-0.05, 0) is 43.0 Å². The van der Waals surface area contributed by atoms with Crippen LogP contribution in [0, 0.1) is 11.7 Å². The molecule has 6 nitrogen and oxygen atoms in total. The van der Waals surface area contributed by atoms with Crippen molar-refractivity contribution in [2.24, 2.45) is 5.92 Å². The zero-order valence-electron chi connectivity index (χ0n) is 15.3. The van der Waals surface area contributed by atoms with Gasteiger partial charge < -0.3 is 15.2 Å². The van der Waals surface area contributed by atoms with E-state index in [1.54, 1.807) is 12.4 Å². The highest BCUT2D eigenvalue weighted by atomic mass is 35.5. The number of benzene rings is 1. The second kappa shape index (κ2) is 8.14. The summed E-state index contributed by atoms with van der Waals surface area (Å²) in [5.41, 5.74) is 1.33. The summed E-state index contributed by atoms with van der Waals surface area (Å²) in [5.74, 6) is 0.854. The number of aromatic nitrogens is 3. The molecule has 0 amide bonds. The summed E-state index contributed by atoms with van der Waals surface area (Å²) in [6.07, 6.45) is 5.93. The summed E-state index contributed by atoms with van der Waals surface area (Å²) in [6.45, 7) is 1.86. The van der Waals surface area contributed by atoms with Gasteiger partial charge >= 0.3 is 0 Å². The van der Waals surface area contributed by atoms with Crippen LogP contribution in [-0.4, -0.2) is 40.4 Å². The van der Waals surface area contributed by atoms with Gasteiger partial charge in [-0.25, -0.2) is 14.4 Å². The molecule has 2 N–H and O–H groups in total. The Labute approximate surface area is 167 Å². The summed E-state index contributed by atoms with van der Waals surface area (Å²) in [7, 11) is 0. The van der Waals surface area contributed by atoms with Crippen LogP contribution in [0.15, 0.2) is 36.8 Å². The van der Waals surface area contributed by atoms with Crippen molar-refractivity contribution < 1.29 is 9.18 Å². The lowest BCUT2D eigenvalue weighted by Crippen LogP contribution is -2.37. The standard InChI is InChI=1S/C20H21ClFN5O/c21-14-7-15(22)9-16(8-14)24-10-17(28)6-13-2-1-5-27(11-13)20-18-3-4-23-19(18)25-12-26-20/h3-4,7-9,12-13,24H,1-2,5-6,10-11H2,(H,23,25,26)/t13-/m0/s1. The van der Waals surface area contributed by atoms with Crippen LogP contribution >= 0.6 is 11.6 Å². The number of H-pyrrole nitrogens is 1. The van der Waals surface area contributed by atoms with E-state index in [1.165, 1.54) is 12.1 Å². The number of carbonyl (C=O) groups is 1. The van der Waals surface area contributed by atoms with Crippen molar-refractivity contribution in [2.45, 2.75) is 19.3 Å². The van der Waals surface area contributed by atoms with E-state index in [0.717, 1.165) is 42.8 Å². The van der Waals surface area contributed by atoms with E-state index < -0.39 is 5.82 Å². The van der Waals surface area contributed by atoms with Crippen LogP contribution in [-0.2, 0) is 4.79 Å². The number of hydrogen-bond donors (Lipinski definition) is 2. The van der Waals surface area contributed by atoms with Crippen molar-refractivity contribution in [3.05, 3.63) is 47.6 Å². The normalized spacial score (nSPS) is 17.1. The van der Waals surface area contributed by atoms with E-state index in [9.17, 15) is 9.18 Å². The number of piperidine rings is 1. The van der Waals surface area contributed by atoms with Crippen molar-refractivity contribution in [3.63, 3.8) is 0 Å². The summed E-state index contributed by atoms with van der Waals surface area (Å²) >= 11 is 5.85. The maximum atomic E-state index is 13.4. The number of nitrogens with zero attached hydrogens (tertiary/aromatic N) is 3. The van der Waals surface area contributed by atoms with E-state index in [4.69, 9.17) is 11.6 Å². The molecule has 4 rings (SSSR count). The zero-order valence-corrected chi connectivity index (χ0v) is 16.0. The molecule has 2 aromatic heterocycles. The first-order valence-electron chi connectivity index (χ1n) is 9.33. The van der Waals surface area contributed by atoms with Crippen LogP contribution in [0.25, 0.3) is 11.0 Å². The second-order valence-corrected chi connectivity index (χ2v) is 7.58. The molecule has 8 heteroatoms. The van der Waals surface area contributed by atoms with Crippen molar-refractivity contribution in [3.8, 4) is 0 Å². The molecular weight excluding hydrogens is 381 g/mol. The zero-order chi connectivity index (χ0) is 19.5. The average molecular weight is 402 g/mol. The molecule has 0 radical (unpaired) electrons. The van der Waals surface area contributed by atoms with E-state index in [-0.39, 0.29) is 18.2 Å². The number of carbonyl (C=O) groups excluding carboxylic acids is 1. The van der Waals surface area contributed by atoms with Gasteiger partial charge in [0.1, 0.15) is 23.6 Å². The van der Waals surface area contributed by atoms with Crippen molar-refractivity contribution >= 4 is 39.9 Å². The van der Waals surface area contributed by atoms with Crippen molar-refractivity contribution in [2.75, 3.05) is 29.9 Å². The molecule has 1 fully saturated rings. The third kappa shape index (κ3) is 4.25. The minimum atomic E-state index is -0.425. The molecule has 146 valence electrons. The highest BCUT2D eigenvalue weighted by molar-refractivity contribution is 6.30. The summed E-state index contributed by atoms with van der Waals surface area (Å²) < 4.78 is 13.4. The van der Waals surface area contributed by atoms with Gasteiger partial charge in [-0.2, -0.15) is 0 Å². The Morgan fingerprint density at radius 1 is 1.36 bits per heavy atom. The highest BCUT2D eigenvalue weighted by Crippen LogP contribution is 2.28. The summed E-state index contributed by atoms with van der Waals surface area (Å²) in [5, 5.41) is 4.27. The first-order chi connectivity index (χ1) is 13.6. The Bertz CT molecular complexity index is 971. The van der Waals surface area contributed by atoms with Crippen LogP contribution in [0.4, 0.5) is 15.9 Å². The molecule has 3 heterocycles. The maximum absolute atomic E-state index is 13.4. The lowest BCUT2D eigenvalue weighted by molar-refractivity contribution is -0.118. The molecule has 28 heavy (non-hydrogen) atoms.